The summed E-state index contributed by atoms with van der Waals surface area (Å²) in [5.41, 5.74) is 4.95. The summed E-state index contributed by atoms with van der Waals surface area (Å²) in [6.07, 6.45) is 4.19. The fourth-order valence-electron chi connectivity index (χ4n) is 1.75. The summed E-state index contributed by atoms with van der Waals surface area (Å²) in [6, 6.07) is -0.136. The number of nitrogens with two attached hydrogens (primary N) is 1. The highest BCUT2D eigenvalue weighted by molar-refractivity contribution is 4.92. The molecular weight excluding hydrogens is 142 g/mol. The van der Waals surface area contributed by atoms with E-state index in [9.17, 15) is 5.11 Å². The van der Waals surface area contributed by atoms with E-state index in [4.69, 9.17) is 10.8 Å². The van der Waals surface area contributed by atoms with Crippen molar-refractivity contribution < 1.29 is 10.2 Å². The van der Waals surface area contributed by atoms with Gasteiger partial charge in [0.1, 0.15) is 0 Å². The minimum Gasteiger partial charge on any atom is -0.396 e. The van der Waals surface area contributed by atoms with Crippen molar-refractivity contribution in [3.05, 3.63) is 0 Å². The minimum absolute atomic E-state index is 0.0319. The molecule has 0 aromatic heterocycles. The van der Waals surface area contributed by atoms with Gasteiger partial charge >= 0.3 is 0 Å². The fourth-order valence-corrected chi connectivity index (χ4v) is 1.75. The Labute approximate surface area is 67.2 Å². The lowest BCUT2D eigenvalue weighted by Gasteiger charge is -2.37. The first-order chi connectivity index (χ1) is 5.19. The van der Waals surface area contributed by atoms with E-state index in [-0.39, 0.29) is 12.6 Å². The average molecular weight is 159 g/mol. The van der Waals surface area contributed by atoms with Crippen LogP contribution in [0.1, 0.15) is 32.1 Å². The third kappa shape index (κ3) is 1.92. The maximum Gasteiger partial charge on any atom is 0.0819 e. The molecule has 1 rings (SSSR count). The van der Waals surface area contributed by atoms with Crippen LogP contribution in [-0.4, -0.2) is 28.5 Å². The molecule has 0 aromatic carbocycles. The summed E-state index contributed by atoms with van der Waals surface area (Å²) in [6.45, 7) is 0.0319. The molecule has 4 N–H and O–H groups in total. The van der Waals surface area contributed by atoms with E-state index >= 15 is 0 Å². The van der Waals surface area contributed by atoms with Crippen LogP contribution in [0.4, 0.5) is 0 Å². The molecule has 0 amide bonds. The smallest absolute Gasteiger partial charge is 0.0819 e. The maximum absolute atomic E-state index is 9.85. The van der Waals surface area contributed by atoms with Crippen LogP contribution in [0, 0.1) is 0 Å². The summed E-state index contributed by atoms with van der Waals surface area (Å²) in [5, 5.41) is 18.5. The first kappa shape index (κ1) is 8.97. The van der Waals surface area contributed by atoms with Crippen molar-refractivity contribution >= 4 is 0 Å². The number of rotatable bonds is 2. The van der Waals surface area contributed by atoms with Gasteiger partial charge in [0.25, 0.3) is 0 Å². The maximum atomic E-state index is 9.85. The molecule has 0 saturated heterocycles. The van der Waals surface area contributed by atoms with Gasteiger partial charge < -0.3 is 15.9 Å². The van der Waals surface area contributed by atoms with Crippen LogP contribution in [0.5, 0.6) is 0 Å². The molecular formula is C8H17NO2. The molecule has 0 aromatic rings. The highest BCUT2D eigenvalue weighted by Crippen LogP contribution is 2.29. The van der Waals surface area contributed by atoms with Crippen molar-refractivity contribution in [2.75, 3.05) is 6.61 Å². The Kier molecular flexibility index (Phi) is 2.87. The lowest BCUT2D eigenvalue weighted by atomic mass is 9.79. The summed E-state index contributed by atoms with van der Waals surface area (Å²) in [7, 11) is 0. The standard InChI is InChI=1S/C8H17NO2/c9-7-3-1-2-4-8(7,11)5-6-10/h7,10-11H,1-6,9H2. The zero-order chi connectivity index (χ0) is 8.32. The van der Waals surface area contributed by atoms with Gasteiger partial charge in [-0.2, -0.15) is 0 Å². The van der Waals surface area contributed by atoms with E-state index in [1.54, 1.807) is 0 Å². The molecule has 0 bridgehead atoms. The van der Waals surface area contributed by atoms with E-state index in [2.05, 4.69) is 0 Å². The molecule has 1 fully saturated rings. The lowest BCUT2D eigenvalue weighted by molar-refractivity contribution is -0.0324. The molecule has 11 heavy (non-hydrogen) atoms. The van der Waals surface area contributed by atoms with Crippen molar-refractivity contribution in [2.45, 2.75) is 43.7 Å². The summed E-state index contributed by atoms with van der Waals surface area (Å²) >= 11 is 0. The Morgan fingerprint density at radius 2 is 2.18 bits per heavy atom. The molecule has 0 radical (unpaired) electrons. The second-order valence-corrected chi connectivity index (χ2v) is 3.43. The van der Waals surface area contributed by atoms with Gasteiger partial charge in [0, 0.05) is 19.1 Å². The quantitative estimate of drug-likeness (QED) is 0.531. The number of aliphatic hydroxyl groups excluding tert-OH is 1. The highest BCUT2D eigenvalue weighted by Gasteiger charge is 2.35. The van der Waals surface area contributed by atoms with Crippen LogP contribution in [0.3, 0.4) is 0 Å². The molecule has 1 aliphatic rings. The Morgan fingerprint density at radius 1 is 1.45 bits per heavy atom. The number of aliphatic hydroxyl groups is 2. The molecule has 3 heteroatoms. The van der Waals surface area contributed by atoms with Crippen LogP contribution in [0.25, 0.3) is 0 Å². The highest BCUT2D eigenvalue weighted by atomic mass is 16.3. The van der Waals surface area contributed by atoms with Crippen molar-refractivity contribution in [1.29, 1.82) is 0 Å². The Bertz CT molecular complexity index is 125. The predicted molar refractivity (Wildman–Crippen MR) is 43.1 cm³/mol. The van der Waals surface area contributed by atoms with Gasteiger partial charge in [-0.05, 0) is 12.8 Å². The normalized spacial score (nSPS) is 39.0. The van der Waals surface area contributed by atoms with Crippen LogP contribution in [0.15, 0.2) is 0 Å². The van der Waals surface area contributed by atoms with Crippen molar-refractivity contribution in [3.8, 4) is 0 Å². The molecule has 0 heterocycles. The summed E-state index contributed by atoms with van der Waals surface area (Å²) in [5.74, 6) is 0. The summed E-state index contributed by atoms with van der Waals surface area (Å²) < 4.78 is 0. The molecule has 1 aliphatic carbocycles. The molecule has 0 spiro atoms. The average Bonchev–Trinajstić information content (AvgIpc) is 1.96. The first-order valence-electron chi connectivity index (χ1n) is 4.28. The molecule has 3 nitrogen and oxygen atoms in total. The SMILES string of the molecule is NC1CCCCC1(O)CCO. The molecule has 1 saturated carbocycles. The number of hydrogen-bond donors (Lipinski definition) is 3. The third-order valence-electron chi connectivity index (χ3n) is 2.61. The second kappa shape index (κ2) is 3.52. The summed E-state index contributed by atoms with van der Waals surface area (Å²) in [4.78, 5) is 0. The fraction of sp³-hybridized carbons (Fsp3) is 1.00. The Balaban J connectivity index is 2.49. The van der Waals surface area contributed by atoms with Gasteiger partial charge in [-0.1, -0.05) is 12.8 Å². The van der Waals surface area contributed by atoms with Crippen molar-refractivity contribution in [2.24, 2.45) is 5.73 Å². The molecule has 2 atom stereocenters. The van der Waals surface area contributed by atoms with Crippen molar-refractivity contribution in [3.63, 3.8) is 0 Å². The van der Waals surface area contributed by atoms with Crippen LogP contribution in [-0.2, 0) is 0 Å². The third-order valence-corrected chi connectivity index (χ3v) is 2.61. The zero-order valence-electron chi connectivity index (χ0n) is 6.79. The van der Waals surface area contributed by atoms with Gasteiger partial charge in [-0.3, -0.25) is 0 Å². The van der Waals surface area contributed by atoms with Crippen molar-refractivity contribution in [1.82, 2.24) is 0 Å². The molecule has 66 valence electrons. The van der Waals surface area contributed by atoms with Gasteiger partial charge in [-0.15, -0.1) is 0 Å². The monoisotopic (exact) mass is 159 g/mol. The predicted octanol–water partition coefficient (Wildman–Crippen LogP) is 0.00120. The Hall–Kier alpha value is -0.120. The molecule has 2 unspecified atom stereocenters. The van der Waals surface area contributed by atoms with E-state index in [1.807, 2.05) is 0 Å². The minimum atomic E-state index is -0.785. The second-order valence-electron chi connectivity index (χ2n) is 3.43. The van der Waals surface area contributed by atoms with E-state index in [0.29, 0.717) is 6.42 Å². The van der Waals surface area contributed by atoms with Crippen LogP contribution >= 0.6 is 0 Å². The van der Waals surface area contributed by atoms with Gasteiger partial charge in [-0.25, -0.2) is 0 Å². The van der Waals surface area contributed by atoms with Crippen LogP contribution < -0.4 is 5.73 Å². The lowest BCUT2D eigenvalue weighted by Crippen LogP contribution is -2.50. The van der Waals surface area contributed by atoms with Gasteiger partial charge in [0.2, 0.25) is 0 Å². The first-order valence-corrected chi connectivity index (χ1v) is 4.28. The van der Waals surface area contributed by atoms with E-state index in [0.717, 1.165) is 25.7 Å². The van der Waals surface area contributed by atoms with E-state index < -0.39 is 5.60 Å². The van der Waals surface area contributed by atoms with Gasteiger partial charge in [0.15, 0.2) is 0 Å². The van der Waals surface area contributed by atoms with E-state index in [1.165, 1.54) is 0 Å². The zero-order valence-corrected chi connectivity index (χ0v) is 6.79. The Morgan fingerprint density at radius 3 is 2.73 bits per heavy atom. The van der Waals surface area contributed by atoms with Gasteiger partial charge in [0.05, 0.1) is 5.60 Å². The van der Waals surface area contributed by atoms with Crippen LogP contribution in [0.2, 0.25) is 0 Å². The number of hydrogen-bond acceptors (Lipinski definition) is 3. The largest absolute Gasteiger partial charge is 0.396 e. The molecule has 0 aliphatic heterocycles. The topological polar surface area (TPSA) is 66.5 Å².